The molecule has 0 radical (unpaired) electrons. The molecular weight excluding hydrogens is 288 g/mol. The Balaban J connectivity index is 1.82. The molecule has 0 bridgehead atoms. The minimum absolute atomic E-state index is 0.0691. The maximum Gasteiger partial charge on any atom is 0.238 e. The van der Waals surface area contributed by atoms with Crippen LogP contribution in [-0.2, 0) is 4.79 Å². The summed E-state index contributed by atoms with van der Waals surface area (Å²) < 4.78 is 5.57. The van der Waals surface area contributed by atoms with Gasteiger partial charge in [0.25, 0.3) is 0 Å². The molecule has 2 N–H and O–H groups in total. The summed E-state index contributed by atoms with van der Waals surface area (Å²) in [6, 6.07) is 17.7. The van der Waals surface area contributed by atoms with E-state index >= 15 is 0 Å². The topological polar surface area (TPSA) is 50.4 Å². The van der Waals surface area contributed by atoms with Gasteiger partial charge in [-0.3, -0.25) is 4.79 Å². The van der Waals surface area contributed by atoms with E-state index < -0.39 is 0 Å². The lowest BCUT2D eigenvalue weighted by molar-refractivity contribution is -0.115. The average molecular weight is 312 g/mol. The van der Waals surface area contributed by atoms with Gasteiger partial charge in [-0.25, -0.2) is 0 Å². The van der Waals surface area contributed by atoms with Crippen molar-refractivity contribution < 1.29 is 9.53 Å². The Morgan fingerprint density at radius 1 is 1.13 bits per heavy atom. The van der Waals surface area contributed by atoms with Gasteiger partial charge in [0.2, 0.25) is 5.91 Å². The molecule has 0 saturated heterocycles. The number of nitrogens with one attached hydrogen (secondary N) is 2. The second-order valence-corrected chi connectivity index (χ2v) is 5.44. The van der Waals surface area contributed by atoms with E-state index in [-0.39, 0.29) is 18.5 Å². The van der Waals surface area contributed by atoms with E-state index in [2.05, 4.69) is 17.6 Å². The summed E-state index contributed by atoms with van der Waals surface area (Å²) in [7, 11) is 0. The van der Waals surface area contributed by atoms with Crippen molar-refractivity contribution in [1.82, 2.24) is 5.32 Å². The second-order valence-electron chi connectivity index (χ2n) is 5.44. The van der Waals surface area contributed by atoms with E-state index in [1.165, 1.54) is 0 Å². The number of carbonyl (C=O) groups excluding carboxylic acids is 1. The number of hydrogen-bond acceptors (Lipinski definition) is 3. The molecule has 0 aliphatic carbocycles. The van der Waals surface area contributed by atoms with E-state index in [0.717, 1.165) is 23.4 Å². The second kappa shape index (κ2) is 8.96. The minimum atomic E-state index is -0.0691. The highest BCUT2D eigenvalue weighted by molar-refractivity contribution is 5.92. The van der Waals surface area contributed by atoms with Gasteiger partial charge in [0.15, 0.2) is 0 Å². The SMILES string of the molecule is CCCOc1cccc(NC(=O)CNC(C)c2ccccc2)c1. The zero-order valence-electron chi connectivity index (χ0n) is 13.7. The molecule has 1 atom stereocenters. The molecule has 2 aromatic carbocycles. The molecular formula is C19H24N2O2. The minimum Gasteiger partial charge on any atom is -0.494 e. The van der Waals surface area contributed by atoms with Crippen LogP contribution in [0.3, 0.4) is 0 Å². The first-order valence-corrected chi connectivity index (χ1v) is 8.00. The molecule has 0 saturated carbocycles. The third-order valence-corrected chi connectivity index (χ3v) is 3.46. The Morgan fingerprint density at radius 2 is 1.91 bits per heavy atom. The maximum absolute atomic E-state index is 12.1. The predicted octanol–water partition coefficient (Wildman–Crippen LogP) is 3.76. The van der Waals surface area contributed by atoms with Crippen LogP contribution in [-0.4, -0.2) is 19.1 Å². The Morgan fingerprint density at radius 3 is 2.65 bits per heavy atom. The van der Waals surface area contributed by atoms with Gasteiger partial charge in [0, 0.05) is 17.8 Å². The molecule has 122 valence electrons. The first-order valence-electron chi connectivity index (χ1n) is 8.00. The average Bonchev–Trinajstić information content (AvgIpc) is 2.59. The zero-order chi connectivity index (χ0) is 16.5. The number of rotatable bonds is 8. The summed E-state index contributed by atoms with van der Waals surface area (Å²) in [6.45, 7) is 5.04. The van der Waals surface area contributed by atoms with Crippen molar-refractivity contribution in [3.8, 4) is 5.75 Å². The number of hydrogen-bond donors (Lipinski definition) is 2. The van der Waals surface area contributed by atoms with Gasteiger partial charge >= 0.3 is 0 Å². The molecule has 0 heterocycles. The van der Waals surface area contributed by atoms with Gasteiger partial charge < -0.3 is 15.4 Å². The highest BCUT2D eigenvalue weighted by atomic mass is 16.5. The maximum atomic E-state index is 12.1. The Labute approximate surface area is 137 Å². The number of amides is 1. The summed E-state index contributed by atoms with van der Waals surface area (Å²) in [5, 5.41) is 6.11. The van der Waals surface area contributed by atoms with Gasteiger partial charge in [-0.05, 0) is 31.0 Å². The van der Waals surface area contributed by atoms with E-state index in [4.69, 9.17) is 4.74 Å². The Kier molecular flexibility index (Phi) is 6.63. The van der Waals surface area contributed by atoms with Crippen LogP contribution in [0, 0.1) is 0 Å². The predicted molar refractivity (Wildman–Crippen MR) is 93.7 cm³/mol. The monoisotopic (exact) mass is 312 g/mol. The number of ether oxygens (including phenoxy) is 1. The molecule has 0 fully saturated rings. The van der Waals surface area contributed by atoms with Crippen LogP contribution in [0.25, 0.3) is 0 Å². The first kappa shape index (κ1) is 17.0. The lowest BCUT2D eigenvalue weighted by Gasteiger charge is -2.14. The Bertz CT molecular complexity index is 614. The van der Waals surface area contributed by atoms with Gasteiger partial charge in [0.05, 0.1) is 13.2 Å². The van der Waals surface area contributed by atoms with Gasteiger partial charge in [-0.15, -0.1) is 0 Å². The number of anilines is 1. The van der Waals surface area contributed by atoms with Crippen molar-refractivity contribution in [3.05, 3.63) is 60.2 Å². The van der Waals surface area contributed by atoms with E-state index in [1.54, 1.807) is 0 Å². The largest absolute Gasteiger partial charge is 0.494 e. The summed E-state index contributed by atoms with van der Waals surface area (Å²) in [5.41, 5.74) is 1.91. The Hall–Kier alpha value is -2.33. The third-order valence-electron chi connectivity index (χ3n) is 3.46. The van der Waals surface area contributed by atoms with Crippen molar-refractivity contribution in [2.24, 2.45) is 0 Å². The molecule has 4 nitrogen and oxygen atoms in total. The van der Waals surface area contributed by atoms with Crippen LogP contribution in [0.15, 0.2) is 54.6 Å². The molecule has 0 aliphatic rings. The van der Waals surface area contributed by atoms with Crippen LogP contribution in [0.1, 0.15) is 31.9 Å². The quantitative estimate of drug-likeness (QED) is 0.780. The van der Waals surface area contributed by atoms with Crippen LogP contribution in [0.2, 0.25) is 0 Å². The van der Waals surface area contributed by atoms with Gasteiger partial charge in [-0.2, -0.15) is 0 Å². The summed E-state index contributed by atoms with van der Waals surface area (Å²) in [4.78, 5) is 12.1. The highest BCUT2D eigenvalue weighted by Gasteiger charge is 2.08. The van der Waals surface area contributed by atoms with Crippen molar-refractivity contribution in [3.63, 3.8) is 0 Å². The zero-order valence-corrected chi connectivity index (χ0v) is 13.7. The van der Waals surface area contributed by atoms with Crippen molar-refractivity contribution in [2.75, 3.05) is 18.5 Å². The molecule has 0 aromatic heterocycles. The normalized spacial score (nSPS) is 11.7. The standard InChI is InChI=1S/C19H24N2O2/c1-3-12-23-18-11-7-10-17(13-18)21-19(22)14-20-15(2)16-8-5-4-6-9-16/h4-11,13,15,20H,3,12,14H2,1-2H3,(H,21,22). The van der Waals surface area contributed by atoms with E-state index in [9.17, 15) is 4.79 Å². The smallest absolute Gasteiger partial charge is 0.238 e. The fraction of sp³-hybridized carbons (Fsp3) is 0.316. The fourth-order valence-corrected chi connectivity index (χ4v) is 2.19. The molecule has 2 rings (SSSR count). The molecule has 1 amide bonds. The number of benzene rings is 2. The summed E-state index contributed by atoms with van der Waals surface area (Å²) in [5.74, 6) is 0.704. The molecule has 23 heavy (non-hydrogen) atoms. The molecule has 0 spiro atoms. The molecule has 2 aromatic rings. The lowest BCUT2D eigenvalue weighted by atomic mass is 10.1. The first-order chi connectivity index (χ1) is 11.2. The summed E-state index contributed by atoms with van der Waals surface area (Å²) >= 11 is 0. The molecule has 4 heteroatoms. The van der Waals surface area contributed by atoms with E-state index in [0.29, 0.717) is 6.61 Å². The molecule has 1 unspecified atom stereocenters. The lowest BCUT2D eigenvalue weighted by Crippen LogP contribution is -2.30. The van der Waals surface area contributed by atoms with Crippen LogP contribution in [0.4, 0.5) is 5.69 Å². The number of carbonyl (C=O) groups is 1. The van der Waals surface area contributed by atoms with Crippen LogP contribution in [0.5, 0.6) is 5.75 Å². The van der Waals surface area contributed by atoms with Crippen molar-refractivity contribution >= 4 is 11.6 Å². The van der Waals surface area contributed by atoms with Gasteiger partial charge in [-0.1, -0.05) is 43.3 Å². The van der Waals surface area contributed by atoms with Crippen LogP contribution < -0.4 is 15.4 Å². The van der Waals surface area contributed by atoms with Crippen molar-refractivity contribution in [2.45, 2.75) is 26.3 Å². The molecule has 0 aliphatic heterocycles. The van der Waals surface area contributed by atoms with Gasteiger partial charge in [0.1, 0.15) is 5.75 Å². The van der Waals surface area contributed by atoms with Crippen LogP contribution >= 0.6 is 0 Å². The fourth-order valence-electron chi connectivity index (χ4n) is 2.19. The third kappa shape index (κ3) is 5.75. The summed E-state index contributed by atoms with van der Waals surface area (Å²) in [6.07, 6.45) is 0.956. The highest BCUT2D eigenvalue weighted by Crippen LogP contribution is 2.17. The van der Waals surface area contributed by atoms with E-state index in [1.807, 2.05) is 61.5 Å². The van der Waals surface area contributed by atoms with Crippen molar-refractivity contribution in [1.29, 1.82) is 0 Å².